The maximum atomic E-state index is 13.4. The van der Waals surface area contributed by atoms with E-state index in [9.17, 15) is 18.4 Å². The minimum Gasteiger partial charge on any atom is -0.335 e. The van der Waals surface area contributed by atoms with Crippen LogP contribution in [-0.4, -0.2) is 23.8 Å². The number of rotatable bonds is 4. The first-order valence-electron chi connectivity index (χ1n) is 7.39. The topological polar surface area (TPSA) is 49.4 Å². The van der Waals surface area contributed by atoms with Gasteiger partial charge in [0.05, 0.1) is 6.04 Å². The summed E-state index contributed by atoms with van der Waals surface area (Å²) in [6, 6.07) is 9.65. The molecule has 2 amide bonds. The maximum Gasteiger partial charge on any atom is 0.254 e. The fourth-order valence-electron chi connectivity index (χ4n) is 2.31. The summed E-state index contributed by atoms with van der Waals surface area (Å²) < 4.78 is 26.4. The zero-order valence-electron chi connectivity index (χ0n) is 13.6. The van der Waals surface area contributed by atoms with Gasteiger partial charge in [0, 0.05) is 25.2 Å². The Morgan fingerprint density at radius 1 is 1.08 bits per heavy atom. The van der Waals surface area contributed by atoms with E-state index in [2.05, 4.69) is 5.32 Å². The van der Waals surface area contributed by atoms with E-state index >= 15 is 0 Å². The van der Waals surface area contributed by atoms with Crippen LogP contribution < -0.4 is 5.32 Å². The molecular weight excluding hydrogens is 314 g/mol. The van der Waals surface area contributed by atoms with Gasteiger partial charge in [-0.2, -0.15) is 0 Å². The van der Waals surface area contributed by atoms with E-state index in [0.29, 0.717) is 16.8 Å². The van der Waals surface area contributed by atoms with Crippen molar-refractivity contribution in [2.45, 2.75) is 19.9 Å². The van der Waals surface area contributed by atoms with Crippen molar-refractivity contribution in [3.05, 3.63) is 65.2 Å². The zero-order valence-corrected chi connectivity index (χ0v) is 13.6. The predicted octanol–water partition coefficient (Wildman–Crippen LogP) is 3.76. The minimum absolute atomic E-state index is 0.233. The Hall–Kier alpha value is -2.76. The number of hydrogen-bond acceptors (Lipinski definition) is 2. The minimum atomic E-state index is -0.951. The molecule has 1 N–H and O–H groups in total. The smallest absolute Gasteiger partial charge is 0.254 e. The molecule has 0 saturated heterocycles. The van der Waals surface area contributed by atoms with Gasteiger partial charge in [0.1, 0.15) is 0 Å². The van der Waals surface area contributed by atoms with Crippen LogP contribution in [0.5, 0.6) is 0 Å². The van der Waals surface area contributed by atoms with E-state index in [4.69, 9.17) is 0 Å². The van der Waals surface area contributed by atoms with E-state index in [-0.39, 0.29) is 11.8 Å². The monoisotopic (exact) mass is 332 g/mol. The fourth-order valence-corrected chi connectivity index (χ4v) is 2.31. The van der Waals surface area contributed by atoms with Gasteiger partial charge in [-0.3, -0.25) is 9.59 Å². The van der Waals surface area contributed by atoms with Crippen molar-refractivity contribution in [2.24, 2.45) is 0 Å². The summed E-state index contributed by atoms with van der Waals surface area (Å²) in [5, 5.41) is 2.61. The molecule has 2 aromatic rings. The van der Waals surface area contributed by atoms with Crippen molar-refractivity contribution in [1.82, 2.24) is 4.90 Å². The molecule has 24 heavy (non-hydrogen) atoms. The third kappa shape index (κ3) is 3.95. The fraction of sp³-hybridized carbons (Fsp3) is 0.222. The van der Waals surface area contributed by atoms with Gasteiger partial charge in [-0.1, -0.05) is 12.1 Å². The van der Waals surface area contributed by atoms with E-state index in [1.165, 1.54) is 17.9 Å². The van der Waals surface area contributed by atoms with Gasteiger partial charge in [-0.15, -0.1) is 0 Å². The number of halogens is 2. The molecule has 0 aliphatic rings. The van der Waals surface area contributed by atoms with E-state index in [1.807, 2.05) is 0 Å². The number of anilines is 1. The van der Waals surface area contributed by atoms with Crippen LogP contribution in [0.4, 0.5) is 14.5 Å². The van der Waals surface area contributed by atoms with Gasteiger partial charge in [0.15, 0.2) is 11.6 Å². The molecule has 0 bridgehead atoms. The standard InChI is InChI=1S/C18H18F2N2O2/c1-11(13-7-8-16(19)17(20)10-13)22(3)18(24)14-5-4-6-15(9-14)21-12(2)23/h4-11H,1-3H3,(H,21,23)/t11-/m1/s1. The Morgan fingerprint density at radius 2 is 1.79 bits per heavy atom. The van der Waals surface area contributed by atoms with Crippen molar-refractivity contribution in [1.29, 1.82) is 0 Å². The maximum absolute atomic E-state index is 13.4. The highest BCUT2D eigenvalue weighted by Gasteiger charge is 2.20. The third-order valence-electron chi connectivity index (χ3n) is 3.76. The first kappa shape index (κ1) is 17.6. The number of hydrogen-bond donors (Lipinski definition) is 1. The molecule has 0 aromatic heterocycles. The summed E-state index contributed by atoms with van der Waals surface area (Å²) in [5.41, 5.74) is 1.39. The lowest BCUT2D eigenvalue weighted by molar-refractivity contribution is -0.114. The van der Waals surface area contributed by atoms with Gasteiger partial charge < -0.3 is 10.2 Å². The Balaban J connectivity index is 2.22. The summed E-state index contributed by atoms with van der Waals surface area (Å²) in [4.78, 5) is 25.1. The van der Waals surface area contributed by atoms with E-state index in [0.717, 1.165) is 12.1 Å². The lowest BCUT2D eigenvalue weighted by atomic mass is 10.1. The largest absolute Gasteiger partial charge is 0.335 e. The Labute approximate surface area is 139 Å². The summed E-state index contributed by atoms with van der Waals surface area (Å²) in [7, 11) is 1.58. The molecule has 126 valence electrons. The third-order valence-corrected chi connectivity index (χ3v) is 3.76. The van der Waals surface area contributed by atoms with Crippen LogP contribution in [0.1, 0.15) is 35.8 Å². The first-order chi connectivity index (χ1) is 11.3. The molecule has 2 rings (SSSR count). The molecule has 6 heteroatoms. The van der Waals surface area contributed by atoms with Crippen molar-refractivity contribution in [3.63, 3.8) is 0 Å². The second kappa shape index (κ2) is 7.21. The second-order valence-electron chi connectivity index (χ2n) is 5.53. The van der Waals surface area contributed by atoms with E-state index < -0.39 is 17.7 Å². The van der Waals surface area contributed by atoms with Crippen molar-refractivity contribution >= 4 is 17.5 Å². The summed E-state index contributed by atoms with van der Waals surface area (Å²) in [6.45, 7) is 3.11. The quantitative estimate of drug-likeness (QED) is 0.927. The van der Waals surface area contributed by atoms with Crippen LogP contribution in [-0.2, 0) is 4.79 Å². The highest BCUT2D eigenvalue weighted by molar-refractivity contribution is 5.96. The molecule has 4 nitrogen and oxygen atoms in total. The van der Waals surface area contributed by atoms with Gasteiger partial charge >= 0.3 is 0 Å². The van der Waals surface area contributed by atoms with Gasteiger partial charge in [-0.25, -0.2) is 8.78 Å². The molecule has 0 aliphatic carbocycles. The number of nitrogens with one attached hydrogen (secondary N) is 1. The number of nitrogens with zero attached hydrogens (tertiary/aromatic N) is 1. The number of amides is 2. The van der Waals surface area contributed by atoms with Crippen LogP contribution >= 0.6 is 0 Å². The first-order valence-corrected chi connectivity index (χ1v) is 7.39. The lowest BCUT2D eigenvalue weighted by Crippen LogP contribution is -2.29. The molecule has 0 saturated carbocycles. The van der Waals surface area contributed by atoms with Crippen LogP contribution in [0.2, 0.25) is 0 Å². The lowest BCUT2D eigenvalue weighted by Gasteiger charge is -2.25. The summed E-state index contributed by atoms with van der Waals surface area (Å²) in [6.07, 6.45) is 0. The number of benzene rings is 2. The molecular formula is C18H18F2N2O2. The van der Waals surface area contributed by atoms with Crippen LogP contribution in [0.3, 0.4) is 0 Å². The molecule has 0 aliphatic heterocycles. The molecule has 2 aromatic carbocycles. The highest BCUT2D eigenvalue weighted by atomic mass is 19.2. The predicted molar refractivity (Wildman–Crippen MR) is 87.6 cm³/mol. The van der Waals surface area contributed by atoms with Crippen molar-refractivity contribution in [2.75, 3.05) is 12.4 Å². The SMILES string of the molecule is CC(=O)Nc1cccc(C(=O)N(C)[C@H](C)c2ccc(F)c(F)c2)c1. The second-order valence-corrected chi connectivity index (χ2v) is 5.53. The molecule has 0 heterocycles. The number of carbonyl (C=O) groups is 2. The Kier molecular flexibility index (Phi) is 5.28. The van der Waals surface area contributed by atoms with Crippen LogP contribution in [0, 0.1) is 11.6 Å². The molecule has 1 atom stereocenters. The average molecular weight is 332 g/mol. The van der Waals surface area contributed by atoms with Crippen LogP contribution in [0.25, 0.3) is 0 Å². The highest BCUT2D eigenvalue weighted by Crippen LogP contribution is 2.23. The van der Waals surface area contributed by atoms with Gasteiger partial charge in [-0.05, 0) is 42.8 Å². The molecule has 0 spiro atoms. The van der Waals surface area contributed by atoms with E-state index in [1.54, 1.807) is 38.2 Å². The Bertz CT molecular complexity index is 777. The normalized spacial score (nSPS) is 11.7. The van der Waals surface area contributed by atoms with Crippen LogP contribution in [0.15, 0.2) is 42.5 Å². The Morgan fingerprint density at radius 3 is 2.42 bits per heavy atom. The average Bonchev–Trinajstić information content (AvgIpc) is 2.55. The summed E-state index contributed by atoms with van der Waals surface area (Å²) in [5.74, 6) is -2.40. The summed E-state index contributed by atoms with van der Waals surface area (Å²) >= 11 is 0. The van der Waals surface area contributed by atoms with Gasteiger partial charge in [0.2, 0.25) is 5.91 Å². The van der Waals surface area contributed by atoms with Gasteiger partial charge in [0.25, 0.3) is 5.91 Å². The van der Waals surface area contributed by atoms with Crippen molar-refractivity contribution < 1.29 is 18.4 Å². The zero-order chi connectivity index (χ0) is 17.9. The number of carbonyl (C=O) groups excluding carboxylic acids is 2. The molecule has 0 unspecified atom stereocenters. The molecule has 0 fully saturated rings. The molecule has 0 radical (unpaired) electrons. The van der Waals surface area contributed by atoms with Crippen molar-refractivity contribution in [3.8, 4) is 0 Å².